The molecular weight excluding hydrogens is 605 g/mol. The van der Waals surface area contributed by atoms with Crippen LogP contribution in [0.2, 0.25) is 0 Å². The summed E-state index contributed by atoms with van der Waals surface area (Å²) in [4.78, 5) is 4.98. The summed E-state index contributed by atoms with van der Waals surface area (Å²) in [5.74, 6) is 0.476. The Hall–Kier alpha value is -5.08. The van der Waals surface area contributed by atoms with Gasteiger partial charge in [0, 0.05) is 35.7 Å². The van der Waals surface area contributed by atoms with Crippen LogP contribution in [0.3, 0.4) is 0 Å². The number of nitrogens with zero attached hydrogens (tertiary/aromatic N) is 2. The molecule has 2 atom stereocenters. The van der Waals surface area contributed by atoms with Gasteiger partial charge in [0.15, 0.2) is 0 Å². The molecule has 8 rings (SSSR count). The Morgan fingerprint density at radius 3 is 1.96 bits per heavy atom. The summed E-state index contributed by atoms with van der Waals surface area (Å²) in [6.07, 6.45) is 27.8. The summed E-state index contributed by atoms with van der Waals surface area (Å²) in [7, 11) is 2.24. The number of benzene rings is 4. The molecule has 0 bridgehead atoms. The average Bonchev–Trinajstić information content (AvgIpc) is 3.87. The second kappa shape index (κ2) is 14.0. The first-order valence-electron chi connectivity index (χ1n) is 18.6. The summed E-state index contributed by atoms with van der Waals surface area (Å²) in [5, 5.41) is 0. The Kier molecular flexibility index (Phi) is 9.02. The Labute approximate surface area is 299 Å². The highest BCUT2D eigenvalue weighted by atomic mass is 15.2. The van der Waals surface area contributed by atoms with Crippen molar-refractivity contribution in [3.05, 3.63) is 174 Å². The van der Waals surface area contributed by atoms with Crippen LogP contribution in [-0.4, -0.2) is 12.6 Å². The highest BCUT2D eigenvalue weighted by Gasteiger charge is 2.38. The SMILES string of the molecule is CN(C1=C(c2ccccc2)CCCC1)c1ccc(-c2ccc(N(c3ccc(C4=CCC=C4)cc3)C3(C)C=CC(C4=CC=CCC4)C3)cc2)cc1. The lowest BCUT2D eigenvalue weighted by Crippen LogP contribution is -2.41. The topological polar surface area (TPSA) is 6.48 Å². The second-order valence-electron chi connectivity index (χ2n) is 14.6. The first-order chi connectivity index (χ1) is 24.6. The highest BCUT2D eigenvalue weighted by Crippen LogP contribution is 2.45. The van der Waals surface area contributed by atoms with E-state index in [1.165, 1.54) is 69.0 Å². The van der Waals surface area contributed by atoms with Crippen LogP contribution >= 0.6 is 0 Å². The minimum Gasteiger partial charge on any atom is -0.348 e. The van der Waals surface area contributed by atoms with Gasteiger partial charge in [-0.15, -0.1) is 0 Å². The quantitative estimate of drug-likeness (QED) is 0.166. The predicted molar refractivity (Wildman–Crippen MR) is 215 cm³/mol. The number of rotatable bonds is 9. The standard InChI is InChI=1S/C48H48N2/c1-48(34-33-42(35-48)37-13-5-3-6-14-37)50(44-29-23-38(24-30-44)36-15-9-10-16-36)45-31-25-40(26-32-45)39-21-27-43(28-22-39)49(2)47-20-12-11-19-46(47)41-17-7-4-8-18-41/h3-5,7-9,13,15-18,21-34,42H,6,10-12,14,19-20,35H2,1-2H3. The van der Waals surface area contributed by atoms with Crippen molar-refractivity contribution in [2.45, 2.75) is 63.8 Å². The smallest absolute Gasteiger partial charge is 0.0614 e. The molecular formula is C48H48N2. The fourth-order valence-corrected chi connectivity index (χ4v) is 8.52. The van der Waals surface area contributed by atoms with E-state index in [0.717, 1.165) is 38.5 Å². The molecule has 0 spiro atoms. The molecule has 250 valence electrons. The molecule has 0 amide bonds. The van der Waals surface area contributed by atoms with Crippen LogP contribution in [-0.2, 0) is 0 Å². The van der Waals surface area contributed by atoms with E-state index in [1.54, 1.807) is 5.57 Å². The molecule has 2 unspecified atom stereocenters. The molecule has 0 heterocycles. The maximum absolute atomic E-state index is 2.56. The zero-order valence-electron chi connectivity index (χ0n) is 29.6. The summed E-state index contributed by atoms with van der Waals surface area (Å²) in [6.45, 7) is 2.41. The number of allylic oxidation sites excluding steroid dienone is 11. The first-order valence-corrected chi connectivity index (χ1v) is 18.6. The number of hydrogen-bond donors (Lipinski definition) is 0. The van der Waals surface area contributed by atoms with E-state index in [0.29, 0.717) is 5.92 Å². The molecule has 0 radical (unpaired) electrons. The number of anilines is 3. The van der Waals surface area contributed by atoms with Crippen LogP contribution in [0, 0.1) is 5.92 Å². The van der Waals surface area contributed by atoms with Crippen molar-refractivity contribution < 1.29 is 0 Å². The van der Waals surface area contributed by atoms with Gasteiger partial charge in [0.25, 0.3) is 0 Å². The van der Waals surface area contributed by atoms with E-state index >= 15 is 0 Å². The van der Waals surface area contributed by atoms with E-state index in [1.807, 2.05) is 0 Å². The van der Waals surface area contributed by atoms with Crippen LogP contribution in [0.15, 0.2) is 163 Å². The molecule has 0 saturated carbocycles. The lowest BCUT2D eigenvalue weighted by molar-refractivity contribution is 0.499. The molecule has 4 aliphatic carbocycles. The maximum atomic E-state index is 2.56. The number of hydrogen-bond acceptors (Lipinski definition) is 2. The van der Waals surface area contributed by atoms with Crippen molar-refractivity contribution in [1.29, 1.82) is 0 Å². The van der Waals surface area contributed by atoms with Crippen LogP contribution in [0.5, 0.6) is 0 Å². The summed E-state index contributed by atoms with van der Waals surface area (Å²) >= 11 is 0. The molecule has 2 heteroatoms. The Balaban J connectivity index is 1.06. The van der Waals surface area contributed by atoms with Gasteiger partial charge < -0.3 is 9.80 Å². The zero-order valence-corrected chi connectivity index (χ0v) is 29.6. The molecule has 50 heavy (non-hydrogen) atoms. The predicted octanol–water partition coefficient (Wildman–Crippen LogP) is 12.9. The Bertz CT molecular complexity index is 2000. The summed E-state index contributed by atoms with van der Waals surface area (Å²) in [5.41, 5.74) is 14.5. The summed E-state index contributed by atoms with van der Waals surface area (Å²) in [6, 6.07) is 38.5. The zero-order chi connectivity index (χ0) is 33.9. The largest absolute Gasteiger partial charge is 0.348 e. The molecule has 0 aliphatic heterocycles. The molecule has 4 aromatic carbocycles. The van der Waals surface area contributed by atoms with Crippen molar-refractivity contribution in [2.75, 3.05) is 16.8 Å². The van der Waals surface area contributed by atoms with Crippen molar-refractivity contribution in [1.82, 2.24) is 0 Å². The third kappa shape index (κ3) is 6.48. The van der Waals surface area contributed by atoms with Gasteiger partial charge in [0.2, 0.25) is 0 Å². The third-order valence-corrected chi connectivity index (χ3v) is 11.3. The van der Waals surface area contributed by atoms with Gasteiger partial charge >= 0.3 is 0 Å². The first kappa shape index (κ1) is 32.1. The normalized spacial score (nSPS) is 21.4. The lowest BCUT2D eigenvalue weighted by atomic mass is 9.86. The van der Waals surface area contributed by atoms with Crippen molar-refractivity contribution in [3.8, 4) is 11.1 Å². The monoisotopic (exact) mass is 652 g/mol. The third-order valence-electron chi connectivity index (χ3n) is 11.3. The molecule has 0 N–H and O–H groups in total. The van der Waals surface area contributed by atoms with E-state index in [9.17, 15) is 0 Å². The molecule has 4 aliphatic rings. The average molecular weight is 653 g/mol. The van der Waals surface area contributed by atoms with E-state index in [4.69, 9.17) is 0 Å². The van der Waals surface area contributed by atoms with E-state index < -0.39 is 0 Å². The fourth-order valence-electron chi connectivity index (χ4n) is 8.52. The molecule has 4 aromatic rings. The Morgan fingerprint density at radius 2 is 1.32 bits per heavy atom. The lowest BCUT2D eigenvalue weighted by Gasteiger charge is -2.40. The Morgan fingerprint density at radius 1 is 0.660 bits per heavy atom. The molecule has 0 fully saturated rings. The van der Waals surface area contributed by atoms with Gasteiger partial charge in [-0.25, -0.2) is 0 Å². The van der Waals surface area contributed by atoms with Gasteiger partial charge in [-0.3, -0.25) is 0 Å². The second-order valence-corrected chi connectivity index (χ2v) is 14.6. The van der Waals surface area contributed by atoms with Crippen molar-refractivity contribution in [3.63, 3.8) is 0 Å². The maximum Gasteiger partial charge on any atom is 0.0614 e. The molecule has 2 nitrogen and oxygen atoms in total. The molecule has 0 saturated heterocycles. The van der Waals surface area contributed by atoms with E-state index in [2.05, 4.69) is 176 Å². The van der Waals surface area contributed by atoms with E-state index in [-0.39, 0.29) is 5.54 Å². The van der Waals surface area contributed by atoms with Crippen molar-refractivity contribution >= 4 is 28.2 Å². The summed E-state index contributed by atoms with van der Waals surface area (Å²) < 4.78 is 0. The van der Waals surface area contributed by atoms with Crippen LogP contribution in [0.25, 0.3) is 22.3 Å². The van der Waals surface area contributed by atoms with Gasteiger partial charge in [0.05, 0.1) is 5.54 Å². The van der Waals surface area contributed by atoms with Gasteiger partial charge in [-0.1, -0.05) is 121 Å². The van der Waals surface area contributed by atoms with Gasteiger partial charge in [-0.05, 0) is 128 Å². The molecule has 0 aromatic heterocycles. The van der Waals surface area contributed by atoms with Crippen LogP contribution < -0.4 is 9.80 Å². The minimum atomic E-state index is -0.138. The van der Waals surface area contributed by atoms with Gasteiger partial charge in [0.1, 0.15) is 0 Å². The van der Waals surface area contributed by atoms with Crippen molar-refractivity contribution in [2.24, 2.45) is 5.92 Å². The van der Waals surface area contributed by atoms with Crippen LogP contribution in [0.1, 0.15) is 69.4 Å². The fraction of sp³-hybridized carbons (Fsp3) is 0.250. The van der Waals surface area contributed by atoms with Crippen LogP contribution in [0.4, 0.5) is 17.1 Å². The highest BCUT2D eigenvalue weighted by molar-refractivity contribution is 5.79. The minimum absolute atomic E-state index is 0.138. The van der Waals surface area contributed by atoms with Gasteiger partial charge in [-0.2, -0.15) is 0 Å².